The number of rotatable bonds is 4. The van der Waals surface area contributed by atoms with E-state index in [1.54, 1.807) is 36.0 Å². The predicted octanol–water partition coefficient (Wildman–Crippen LogP) is 3.04. The highest BCUT2D eigenvalue weighted by molar-refractivity contribution is 7.71. The lowest BCUT2D eigenvalue weighted by atomic mass is 10.2. The van der Waals surface area contributed by atoms with Gasteiger partial charge in [-0.25, -0.2) is 4.98 Å². The van der Waals surface area contributed by atoms with Gasteiger partial charge in [0, 0.05) is 18.9 Å². The number of carbonyl (C=O) groups is 1. The van der Waals surface area contributed by atoms with Crippen molar-refractivity contribution in [3.05, 3.63) is 87.4 Å². The van der Waals surface area contributed by atoms with Crippen LogP contribution in [0, 0.1) is 4.77 Å². The van der Waals surface area contributed by atoms with Crippen molar-refractivity contribution in [1.82, 2.24) is 24.4 Å². The molecule has 2 aromatic heterocycles. The fourth-order valence-corrected chi connectivity index (χ4v) is 3.32. The maximum Gasteiger partial charge on any atom is 0.272 e. The van der Waals surface area contributed by atoms with Gasteiger partial charge in [0.15, 0.2) is 4.77 Å². The normalized spacial score (nSPS) is 10.9. The topological polar surface area (TPSA) is 86.8 Å². The average Bonchev–Trinajstić information content (AvgIpc) is 3.09. The van der Waals surface area contributed by atoms with Gasteiger partial charge in [0.05, 0.1) is 17.4 Å². The summed E-state index contributed by atoms with van der Waals surface area (Å²) in [5.74, 6) is 0.173. The molecule has 0 aliphatic heterocycles. The summed E-state index contributed by atoms with van der Waals surface area (Å²) in [5, 5.41) is 0.517. The molecule has 4 rings (SSSR count). The van der Waals surface area contributed by atoms with E-state index in [1.165, 1.54) is 4.90 Å². The van der Waals surface area contributed by atoms with Gasteiger partial charge in [0.2, 0.25) is 0 Å². The molecule has 4 aromatic rings. The number of H-pyrrole nitrogens is 2. The summed E-state index contributed by atoms with van der Waals surface area (Å²) < 4.78 is 2.12. The second kappa shape index (κ2) is 7.24. The molecule has 0 unspecified atom stereocenters. The number of benzene rings is 2. The number of nitrogens with zero attached hydrogens (tertiary/aromatic N) is 3. The number of nitrogens with one attached hydrogen (secondary N) is 2. The van der Waals surface area contributed by atoms with Crippen LogP contribution in [0.25, 0.3) is 16.6 Å². The van der Waals surface area contributed by atoms with Crippen molar-refractivity contribution in [3.63, 3.8) is 0 Å². The first-order valence-corrected chi connectivity index (χ1v) is 9.04. The lowest BCUT2D eigenvalue weighted by molar-refractivity contribution is 0.0773. The van der Waals surface area contributed by atoms with E-state index in [4.69, 9.17) is 12.2 Å². The van der Waals surface area contributed by atoms with Crippen molar-refractivity contribution < 1.29 is 4.79 Å². The van der Waals surface area contributed by atoms with Crippen LogP contribution in [0.1, 0.15) is 16.3 Å². The molecule has 2 aromatic carbocycles. The molecule has 0 saturated heterocycles. The zero-order valence-corrected chi connectivity index (χ0v) is 15.9. The quantitative estimate of drug-likeness (QED) is 0.524. The molecule has 0 fully saturated rings. The van der Waals surface area contributed by atoms with E-state index in [9.17, 15) is 9.59 Å². The Balaban J connectivity index is 1.65. The van der Waals surface area contributed by atoms with Gasteiger partial charge in [-0.1, -0.05) is 30.3 Å². The highest BCUT2D eigenvalue weighted by Gasteiger charge is 2.19. The summed E-state index contributed by atoms with van der Waals surface area (Å²) in [6.07, 6.45) is 1.59. The fraction of sp³-hybridized carbons (Fsp3) is 0.100. The van der Waals surface area contributed by atoms with Crippen LogP contribution in [0.5, 0.6) is 0 Å². The molecule has 0 saturated carbocycles. The molecule has 0 aliphatic rings. The molecule has 8 heteroatoms. The number of hydrogen-bond donors (Lipinski definition) is 2. The SMILES string of the molecule is CN(Cc1nc2ccccc2c(=O)[nH]1)C(=O)c1c[nH]c(=S)n1-c1ccccc1. The van der Waals surface area contributed by atoms with E-state index in [0.717, 1.165) is 5.69 Å². The number of amides is 1. The number of aromatic amines is 2. The minimum absolute atomic E-state index is 0.158. The smallest absolute Gasteiger partial charge is 0.272 e. The second-order valence-electron chi connectivity index (χ2n) is 6.34. The van der Waals surface area contributed by atoms with Crippen LogP contribution >= 0.6 is 12.2 Å². The number of para-hydroxylation sites is 2. The Morgan fingerprint density at radius 3 is 2.64 bits per heavy atom. The van der Waals surface area contributed by atoms with Gasteiger partial charge in [-0.15, -0.1) is 0 Å². The summed E-state index contributed by atoms with van der Waals surface area (Å²) >= 11 is 5.34. The van der Waals surface area contributed by atoms with E-state index in [1.807, 2.05) is 36.4 Å². The average molecular weight is 391 g/mol. The third-order valence-corrected chi connectivity index (χ3v) is 4.71. The molecule has 0 aliphatic carbocycles. The molecule has 0 radical (unpaired) electrons. The molecular weight excluding hydrogens is 374 g/mol. The van der Waals surface area contributed by atoms with Crippen LogP contribution in [0.2, 0.25) is 0 Å². The molecular formula is C20H17N5O2S. The Bertz CT molecular complexity index is 1270. The van der Waals surface area contributed by atoms with Crippen LogP contribution in [0.3, 0.4) is 0 Å². The van der Waals surface area contributed by atoms with Gasteiger partial charge in [0.1, 0.15) is 11.5 Å². The third kappa shape index (κ3) is 3.25. The van der Waals surface area contributed by atoms with Crippen LogP contribution in [0.15, 0.2) is 65.6 Å². The molecule has 2 N–H and O–H groups in total. The van der Waals surface area contributed by atoms with E-state index in [0.29, 0.717) is 27.2 Å². The molecule has 140 valence electrons. The first kappa shape index (κ1) is 17.9. The number of hydrogen-bond acceptors (Lipinski definition) is 4. The van der Waals surface area contributed by atoms with E-state index >= 15 is 0 Å². The summed E-state index contributed by atoms with van der Waals surface area (Å²) in [5.41, 5.74) is 1.57. The zero-order chi connectivity index (χ0) is 19.7. The molecule has 0 bridgehead atoms. The van der Waals surface area contributed by atoms with Gasteiger partial charge >= 0.3 is 0 Å². The van der Waals surface area contributed by atoms with Crippen molar-refractivity contribution >= 4 is 29.0 Å². The van der Waals surface area contributed by atoms with Crippen LogP contribution in [-0.4, -0.2) is 37.4 Å². The molecule has 28 heavy (non-hydrogen) atoms. The number of imidazole rings is 1. The van der Waals surface area contributed by atoms with Crippen molar-refractivity contribution in [2.75, 3.05) is 7.05 Å². The summed E-state index contributed by atoms with van der Waals surface area (Å²) in [6.45, 7) is 0.158. The molecule has 2 heterocycles. The van der Waals surface area contributed by atoms with E-state index in [2.05, 4.69) is 15.0 Å². The number of fused-ring (bicyclic) bond motifs is 1. The van der Waals surface area contributed by atoms with Gasteiger partial charge in [0.25, 0.3) is 11.5 Å². The fourth-order valence-electron chi connectivity index (χ4n) is 3.06. The molecule has 1 amide bonds. The third-order valence-electron chi connectivity index (χ3n) is 4.41. The minimum atomic E-state index is -0.244. The molecule has 0 spiro atoms. The Morgan fingerprint density at radius 1 is 1.14 bits per heavy atom. The summed E-state index contributed by atoms with van der Waals surface area (Å²) in [4.78, 5) is 36.9. The second-order valence-corrected chi connectivity index (χ2v) is 6.73. The summed E-state index contributed by atoms with van der Waals surface area (Å²) in [6, 6.07) is 16.5. The monoisotopic (exact) mass is 391 g/mol. The number of carbonyl (C=O) groups excluding carboxylic acids is 1. The predicted molar refractivity (Wildman–Crippen MR) is 109 cm³/mol. The van der Waals surface area contributed by atoms with Crippen LogP contribution in [0.4, 0.5) is 0 Å². The maximum atomic E-state index is 13.0. The van der Waals surface area contributed by atoms with Gasteiger partial charge in [-0.05, 0) is 36.5 Å². The van der Waals surface area contributed by atoms with Gasteiger partial charge < -0.3 is 14.9 Å². The largest absolute Gasteiger partial charge is 0.336 e. The standard InChI is InChI=1S/C20H17N5O2S/c1-24(12-17-22-15-10-6-5-9-14(15)18(26)23-17)19(27)16-11-21-20(28)25(16)13-7-3-2-4-8-13/h2-11H,12H2,1H3,(H,21,28)(H,22,23,26). The van der Waals surface area contributed by atoms with Gasteiger partial charge in [-0.3, -0.25) is 14.2 Å². The summed E-state index contributed by atoms with van der Waals surface area (Å²) in [7, 11) is 1.66. The molecule has 7 nitrogen and oxygen atoms in total. The number of aromatic nitrogens is 4. The zero-order valence-electron chi connectivity index (χ0n) is 15.0. The van der Waals surface area contributed by atoms with E-state index in [-0.39, 0.29) is 18.0 Å². The first-order valence-electron chi connectivity index (χ1n) is 8.64. The Kier molecular flexibility index (Phi) is 4.62. The minimum Gasteiger partial charge on any atom is -0.336 e. The van der Waals surface area contributed by atoms with Crippen molar-refractivity contribution in [3.8, 4) is 5.69 Å². The van der Waals surface area contributed by atoms with Gasteiger partial charge in [-0.2, -0.15) is 0 Å². The van der Waals surface area contributed by atoms with Crippen LogP contribution in [-0.2, 0) is 6.54 Å². The Hall–Kier alpha value is -3.52. The Labute approximate surface area is 165 Å². The van der Waals surface area contributed by atoms with Crippen molar-refractivity contribution in [2.45, 2.75) is 6.54 Å². The van der Waals surface area contributed by atoms with E-state index < -0.39 is 0 Å². The maximum absolute atomic E-state index is 13.0. The lowest BCUT2D eigenvalue weighted by Gasteiger charge is -2.17. The highest BCUT2D eigenvalue weighted by Crippen LogP contribution is 2.15. The molecule has 0 atom stereocenters. The Morgan fingerprint density at radius 2 is 1.86 bits per heavy atom. The van der Waals surface area contributed by atoms with Crippen molar-refractivity contribution in [1.29, 1.82) is 0 Å². The first-order chi connectivity index (χ1) is 13.5. The van der Waals surface area contributed by atoms with Crippen LogP contribution < -0.4 is 5.56 Å². The highest BCUT2D eigenvalue weighted by atomic mass is 32.1. The van der Waals surface area contributed by atoms with Crippen molar-refractivity contribution in [2.24, 2.45) is 0 Å². The lowest BCUT2D eigenvalue weighted by Crippen LogP contribution is -2.29.